The molecule has 0 aliphatic heterocycles. The third kappa shape index (κ3) is 55.9. The lowest BCUT2D eigenvalue weighted by Gasteiger charge is -2.18. The lowest BCUT2D eigenvalue weighted by molar-refractivity contribution is -0.163. The van der Waals surface area contributed by atoms with E-state index in [1.807, 2.05) is 0 Å². The third-order valence-electron chi connectivity index (χ3n) is 12.7. The summed E-state index contributed by atoms with van der Waals surface area (Å²) in [5.74, 6) is -0.423. The van der Waals surface area contributed by atoms with Gasteiger partial charge in [0, 0.05) is 19.4 Å². The number of unbranched alkanes of at least 4 members (excludes halogenated alkanes) is 31. The molecule has 0 fully saturated rings. The minimum Gasteiger partial charge on any atom is -0.462 e. The summed E-state index contributed by atoms with van der Waals surface area (Å²) < 4.78 is 17.5. The van der Waals surface area contributed by atoms with Crippen LogP contribution in [0.5, 0.6) is 0 Å². The van der Waals surface area contributed by atoms with Crippen LogP contribution in [-0.4, -0.2) is 37.9 Å². The molecule has 0 aromatic carbocycles. The Bertz CT molecular complexity index is 1210. The van der Waals surface area contributed by atoms with E-state index >= 15 is 0 Å². The van der Waals surface area contributed by atoms with Crippen molar-refractivity contribution in [1.82, 2.24) is 0 Å². The van der Waals surface area contributed by atoms with Gasteiger partial charge in [0.15, 0.2) is 6.10 Å². The van der Waals surface area contributed by atoms with E-state index in [2.05, 4.69) is 93.7 Å². The first kappa shape index (κ1) is 65.3. The van der Waals surface area contributed by atoms with Crippen LogP contribution in [0.4, 0.5) is 0 Å². The molecule has 0 N–H and O–H groups in total. The Labute approximate surface area is 423 Å². The fraction of sp³-hybridized carbons (Fsp3) is 0.778. The Hall–Kier alpha value is -2.66. The van der Waals surface area contributed by atoms with Gasteiger partial charge < -0.3 is 14.2 Å². The molecule has 5 heteroatoms. The fourth-order valence-corrected chi connectivity index (χ4v) is 8.36. The van der Waals surface area contributed by atoms with Crippen molar-refractivity contribution in [3.8, 4) is 0 Å². The normalized spacial score (nSPS) is 12.7. The van der Waals surface area contributed by atoms with Gasteiger partial charge in [0.05, 0.1) is 6.61 Å². The van der Waals surface area contributed by atoms with Gasteiger partial charge >= 0.3 is 11.9 Å². The van der Waals surface area contributed by atoms with Crippen LogP contribution in [0.25, 0.3) is 0 Å². The second-order valence-electron chi connectivity index (χ2n) is 19.5. The van der Waals surface area contributed by atoms with Crippen molar-refractivity contribution in [3.05, 3.63) is 72.9 Å². The second-order valence-corrected chi connectivity index (χ2v) is 19.5. The summed E-state index contributed by atoms with van der Waals surface area (Å²) in [6, 6.07) is 0. The number of rotatable bonds is 54. The van der Waals surface area contributed by atoms with Crippen molar-refractivity contribution >= 4 is 11.9 Å². The molecule has 1 atom stereocenters. The van der Waals surface area contributed by atoms with Gasteiger partial charge in [-0.05, 0) is 89.9 Å². The van der Waals surface area contributed by atoms with Crippen molar-refractivity contribution in [2.24, 2.45) is 0 Å². The van der Waals surface area contributed by atoms with Gasteiger partial charge in [-0.1, -0.05) is 261 Å². The molecular formula is C63H112O5. The Morgan fingerprint density at radius 2 is 0.662 bits per heavy atom. The van der Waals surface area contributed by atoms with Crippen LogP contribution in [0.1, 0.15) is 290 Å². The SMILES string of the molecule is CC/C=C\C/C=C\C/C=C\C/C=C\CCCCCCC(=O)OCC(COCCCCCCCCCCCCCCCCCCCC)OC(=O)CCCCCCCCC/C=C\C/C=C\CCCCC. The zero-order chi connectivity index (χ0) is 49.2. The van der Waals surface area contributed by atoms with Crippen LogP contribution in [0, 0.1) is 0 Å². The van der Waals surface area contributed by atoms with Crippen molar-refractivity contribution in [2.75, 3.05) is 19.8 Å². The topological polar surface area (TPSA) is 61.8 Å². The molecule has 0 bridgehead atoms. The molecule has 0 aromatic heterocycles. The number of ether oxygens (including phenoxy) is 3. The molecule has 0 radical (unpaired) electrons. The van der Waals surface area contributed by atoms with Crippen molar-refractivity contribution < 1.29 is 23.8 Å². The number of hydrogen-bond acceptors (Lipinski definition) is 5. The average Bonchev–Trinajstić information content (AvgIpc) is 3.34. The molecule has 0 aromatic rings. The molecule has 0 aliphatic rings. The predicted molar refractivity (Wildman–Crippen MR) is 297 cm³/mol. The molecule has 1 unspecified atom stereocenters. The van der Waals surface area contributed by atoms with Crippen LogP contribution < -0.4 is 0 Å². The number of allylic oxidation sites excluding steroid dienone is 12. The van der Waals surface area contributed by atoms with Gasteiger partial charge in [-0.2, -0.15) is 0 Å². The molecule has 0 heterocycles. The molecule has 394 valence electrons. The first-order valence-electron chi connectivity index (χ1n) is 29.5. The molecular weight excluding hydrogens is 837 g/mol. The Balaban J connectivity index is 4.31. The molecule has 0 saturated carbocycles. The molecule has 5 nitrogen and oxygen atoms in total. The predicted octanol–water partition coefficient (Wildman–Crippen LogP) is 20.2. The minimum absolute atomic E-state index is 0.0699. The zero-order valence-corrected chi connectivity index (χ0v) is 45.4. The molecule has 0 rings (SSSR count). The van der Waals surface area contributed by atoms with Gasteiger partial charge in [-0.15, -0.1) is 0 Å². The van der Waals surface area contributed by atoms with Gasteiger partial charge in [0.1, 0.15) is 6.61 Å². The molecule has 68 heavy (non-hydrogen) atoms. The van der Waals surface area contributed by atoms with E-state index < -0.39 is 6.10 Å². The maximum Gasteiger partial charge on any atom is 0.306 e. The molecule has 0 aliphatic carbocycles. The second kappa shape index (κ2) is 58.7. The van der Waals surface area contributed by atoms with Gasteiger partial charge in [-0.3, -0.25) is 9.59 Å². The van der Waals surface area contributed by atoms with Gasteiger partial charge in [0.25, 0.3) is 0 Å². The number of carbonyl (C=O) groups is 2. The molecule has 0 saturated heterocycles. The van der Waals surface area contributed by atoms with Crippen LogP contribution in [0.2, 0.25) is 0 Å². The van der Waals surface area contributed by atoms with Crippen LogP contribution >= 0.6 is 0 Å². The fourth-order valence-electron chi connectivity index (χ4n) is 8.36. The monoisotopic (exact) mass is 949 g/mol. The van der Waals surface area contributed by atoms with E-state index in [4.69, 9.17) is 14.2 Å². The van der Waals surface area contributed by atoms with Crippen molar-refractivity contribution in [2.45, 2.75) is 297 Å². The summed E-state index contributed by atoms with van der Waals surface area (Å²) in [6.07, 6.45) is 76.4. The molecule has 0 amide bonds. The van der Waals surface area contributed by atoms with E-state index in [-0.39, 0.29) is 25.2 Å². The Morgan fingerprint density at radius 3 is 1.09 bits per heavy atom. The van der Waals surface area contributed by atoms with Crippen LogP contribution in [0.3, 0.4) is 0 Å². The van der Waals surface area contributed by atoms with Crippen molar-refractivity contribution in [1.29, 1.82) is 0 Å². The summed E-state index contributed by atoms with van der Waals surface area (Å²) in [7, 11) is 0. The van der Waals surface area contributed by atoms with Crippen molar-refractivity contribution in [3.63, 3.8) is 0 Å². The maximum atomic E-state index is 12.9. The Kier molecular flexibility index (Phi) is 56.4. The largest absolute Gasteiger partial charge is 0.462 e. The highest BCUT2D eigenvalue weighted by atomic mass is 16.6. The summed E-state index contributed by atoms with van der Waals surface area (Å²) >= 11 is 0. The zero-order valence-electron chi connectivity index (χ0n) is 45.4. The first-order valence-corrected chi connectivity index (χ1v) is 29.5. The van der Waals surface area contributed by atoms with Crippen LogP contribution in [0.15, 0.2) is 72.9 Å². The highest BCUT2D eigenvalue weighted by Gasteiger charge is 2.17. The third-order valence-corrected chi connectivity index (χ3v) is 12.7. The standard InChI is InChI=1S/C63H112O5/c1-4-7-10-13-16-19-22-25-28-31-34-37-40-43-46-49-52-55-58-66-59-61(68-63(65)57-54-51-48-45-42-39-36-33-30-27-24-21-18-15-12-9-6-3)60-67-62(64)56-53-50-47-44-41-38-35-32-29-26-23-20-17-14-11-8-5-2/h8,11,17-18,20-21,26-27,29-30,35,38,61H,4-7,9-10,12-16,19,22-25,28,31-34,36-37,39-60H2,1-3H3/b11-8-,20-17-,21-18-,29-26-,30-27-,38-35-. The average molecular weight is 950 g/mol. The van der Waals surface area contributed by atoms with E-state index in [0.717, 1.165) is 96.3 Å². The quantitative estimate of drug-likeness (QED) is 0.0345. The molecule has 0 spiro atoms. The first-order chi connectivity index (χ1) is 33.6. The summed E-state index contributed by atoms with van der Waals surface area (Å²) in [5.41, 5.74) is 0. The summed E-state index contributed by atoms with van der Waals surface area (Å²) in [6.45, 7) is 7.70. The van der Waals surface area contributed by atoms with E-state index in [9.17, 15) is 9.59 Å². The Morgan fingerprint density at radius 1 is 0.338 bits per heavy atom. The number of esters is 2. The number of carbonyl (C=O) groups excluding carboxylic acids is 2. The van der Waals surface area contributed by atoms with E-state index in [1.165, 1.54) is 161 Å². The van der Waals surface area contributed by atoms with Gasteiger partial charge in [-0.25, -0.2) is 0 Å². The summed E-state index contributed by atoms with van der Waals surface area (Å²) in [5, 5.41) is 0. The number of hydrogen-bond donors (Lipinski definition) is 0. The smallest absolute Gasteiger partial charge is 0.306 e. The lowest BCUT2D eigenvalue weighted by atomic mass is 10.0. The van der Waals surface area contributed by atoms with Gasteiger partial charge in [0.2, 0.25) is 0 Å². The lowest BCUT2D eigenvalue weighted by Crippen LogP contribution is -2.30. The summed E-state index contributed by atoms with van der Waals surface area (Å²) in [4.78, 5) is 25.5. The maximum absolute atomic E-state index is 12.9. The minimum atomic E-state index is -0.552. The van der Waals surface area contributed by atoms with Crippen LogP contribution in [-0.2, 0) is 23.8 Å². The highest BCUT2D eigenvalue weighted by Crippen LogP contribution is 2.16. The van der Waals surface area contributed by atoms with E-state index in [0.29, 0.717) is 19.4 Å². The highest BCUT2D eigenvalue weighted by molar-refractivity contribution is 5.70. The van der Waals surface area contributed by atoms with E-state index in [1.54, 1.807) is 0 Å².